The molecule has 0 aromatic carbocycles. The van der Waals surface area contributed by atoms with Crippen LogP contribution in [0.1, 0.15) is 47.2 Å². The average molecular weight is 409 g/mol. The third-order valence-corrected chi connectivity index (χ3v) is 5.99. The molecule has 4 heterocycles. The summed E-state index contributed by atoms with van der Waals surface area (Å²) in [6.07, 6.45) is 9.48. The molecule has 0 aliphatic carbocycles. The summed E-state index contributed by atoms with van der Waals surface area (Å²) in [6.45, 7) is 4.36. The van der Waals surface area contributed by atoms with Crippen LogP contribution >= 0.6 is 11.3 Å². The smallest absolute Gasteiger partial charge is 0.255 e. The lowest BCUT2D eigenvalue weighted by Crippen LogP contribution is -2.31. The number of piperidine rings is 1. The Kier molecular flexibility index (Phi) is 6.09. The summed E-state index contributed by atoms with van der Waals surface area (Å²) in [5.41, 5.74) is 2.82. The van der Waals surface area contributed by atoms with Crippen LogP contribution in [0.15, 0.2) is 36.1 Å². The van der Waals surface area contributed by atoms with Crippen molar-refractivity contribution >= 4 is 23.2 Å². The molecule has 1 N–H and O–H groups in total. The molecule has 1 amide bonds. The topological polar surface area (TPSA) is 83.9 Å². The van der Waals surface area contributed by atoms with E-state index in [1.807, 2.05) is 17.5 Å². The molecule has 0 atom stereocenters. The number of nitrogens with zero attached hydrogens (tertiary/aromatic N) is 5. The Bertz CT molecular complexity index is 968. The summed E-state index contributed by atoms with van der Waals surface area (Å²) >= 11 is 1.62. The maximum absolute atomic E-state index is 12.9. The highest BCUT2D eigenvalue weighted by Crippen LogP contribution is 2.24. The first-order valence-electron chi connectivity index (χ1n) is 9.98. The highest BCUT2D eigenvalue weighted by atomic mass is 32.1. The molecule has 3 aromatic heterocycles. The largest absolute Gasteiger partial charge is 0.346 e. The van der Waals surface area contributed by atoms with Crippen LogP contribution in [-0.4, -0.2) is 38.9 Å². The number of aryl methyl sites for hydroxylation is 1. The fourth-order valence-corrected chi connectivity index (χ4v) is 4.12. The van der Waals surface area contributed by atoms with Gasteiger partial charge >= 0.3 is 0 Å². The zero-order chi connectivity index (χ0) is 20.1. The van der Waals surface area contributed by atoms with E-state index in [0.717, 1.165) is 48.6 Å². The summed E-state index contributed by atoms with van der Waals surface area (Å²) < 4.78 is 0. The lowest BCUT2D eigenvalue weighted by molar-refractivity contribution is 0.0950. The SMILES string of the molecule is CCc1nc(CNC(=O)c2cnc(N3CCCCC3)nc2-c2ccncc2)cs1. The van der Waals surface area contributed by atoms with Gasteiger partial charge in [0.2, 0.25) is 5.95 Å². The third kappa shape index (κ3) is 4.59. The van der Waals surface area contributed by atoms with Gasteiger partial charge in [0.1, 0.15) is 0 Å². The van der Waals surface area contributed by atoms with Gasteiger partial charge in [-0.1, -0.05) is 6.92 Å². The molecule has 3 aromatic rings. The first-order chi connectivity index (χ1) is 14.2. The zero-order valence-corrected chi connectivity index (χ0v) is 17.3. The third-order valence-electron chi connectivity index (χ3n) is 4.95. The summed E-state index contributed by atoms with van der Waals surface area (Å²) in [4.78, 5) is 33.0. The van der Waals surface area contributed by atoms with Gasteiger partial charge in [-0.25, -0.2) is 15.0 Å². The van der Waals surface area contributed by atoms with Gasteiger partial charge in [0.05, 0.1) is 28.5 Å². The number of aromatic nitrogens is 4. The molecule has 7 nitrogen and oxygen atoms in total. The van der Waals surface area contributed by atoms with Crippen LogP contribution in [0.5, 0.6) is 0 Å². The van der Waals surface area contributed by atoms with Crippen molar-refractivity contribution in [2.24, 2.45) is 0 Å². The molecule has 8 heteroatoms. The summed E-state index contributed by atoms with van der Waals surface area (Å²) in [6, 6.07) is 3.74. The normalized spacial score (nSPS) is 14.0. The Morgan fingerprint density at radius 3 is 2.69 bits per heavy atom. The predicted octanol–water partition coefficient (Wildman–Crippen LogP) is 3.48. The van der Waals surface area contributed by atoms with Crippen molar-refractivity contribution < 1.29 is 4.79 Å². The van der Waals surface area contributed by atoms with Gasteiger partial charge in [0.25, 0.3) is 5.91 Å². The average Bonchev–Trinajstić information content (AvgIpc) is 3.26. The first kappa shape index (κ1) is 19.4. The van der Waals surface area contributed by atoms with Gasteiger partial charge in [-0.05, 0) is 37.8 Å². The van der Waals surface area contributed by atoms with Gasteiger partial charge in [-0.3, -0.25) is 9.78 Å². The number of pyridine rings is 1. The summed E-state index contributed by atoms with van der Waals surface area (Å²) in [5, 5.41) is 6.01. The summed E-state index contributed by atoms with van der Waals surface area (Å²) in [7, 11) is 0. The standard InChI is InChI=1S/C21H24N6OS/c1-2-18-25-16(14-29-18)12-23-20(28)17-13-24-21(27-10-4-3-5-11-27)26-19(17)15-6-8-22-9-7-15/h6-9,13-14H,2-5,10-12H2,1H3,(H,23,28). The molecular formula is C21H24N6OS. The number of hydrogen-bond donors (Lipinski definition) is 1. The quantitative estimate of drug-likeness (QED) is 0.672. The number of amides is 1. The highest BCUT2D eigenvalue weighted by molar-refractivity contribution is 7.09. The highest BCUT2D eigenvalue weighted by Gasteiger charge is 2.20. The minimum Gasteiger partial charge on any atom is -0.346 e. The van der Waals surface area contributed by atoms with E-state index in [1.165, 1.54) is 6.42 Å². The van der Waals surface area contributed by atoms with E-state index in [1.54, 1.807) is 29.9 Å². The molecule has 1 fully saturated rings. The van der Waals surface area contributed by atoms with E-state index in [0.29, 0.717) is 23.8 Å². The van der Waals surface area contributed by atoms with E-state index < -0.39 is 0 Å². The second kappa shape index (κ2) is 9.09. The molecule has 4 rings (SSSR count). The molecule has 0 spiro atoms. The number of carbonyl (C=O) groups is 1. The lowest BCUT2D eigenvalue weighted by Gasteiger charge is -2.27. The lowest BCUT2D eigenvalue weighted by atomic mass is 10.1. The summed E-state index contributed by atoms with van der Waals surface area (Å²) in [5.74, 6) is 0.480. The molecular weight excluding hydrogens is 384 g/mol. The molecule has 0 radical (unpaired) electrons. The van der Waals surface area contributed by atoms with Crippen LogP contribution in [0.25, 0.3) is 11.3 Å². The maximum atomic E-state index is 12.9. The van der Waals surface area contributed by atoms with Crippen molar-refractivity contribution in [1.82, 2.24) is 25.3 Å². The van der Waals surface area contributed by atoms with Crippen LogP contribution in [0.4, 0.5) is 5.95 Å². The molecule has 1 aliphatic heterocycles. The van der Waals surface area contributed by atoms with E-state index in [-0.39, 0.29) is 5.91 Å². The molecule has 0 unspecified atom stereocenters. The van der Waals surface area contributed by atoms with Gasteiger partial charge in [0, 0.05) is 42.6 Å². The Hall–Kier alpha value is -2.87. The van der Waals surface area contributed by atoms with Gasteiger partial charge in [-0.2, -0.15) is 0 Å². The monoisotopic (exact) mass is 408 g/mol. The minimum absolute atomic E-state index is 0.201. The molecule has 0 bridgehead atoms. The van der Waals surface area contributed by atoms with Crippen molar-refractivity contribution in [1.29, 1.82) is 0 Å². The second-order valence-electron chi connectivity index (χ2n) is 6.98. The van der Waals surface area contributed by atoms with Crippen molar-refractivity contribution in [3.8, 4) is 11.3 Å². The second-order valence-corrected chi connectivity index (χ2v) is 7.93. The predicted molar refractivity (Wildman–Crippen MR) is 114 cm³/mol. The van der Waals surface area contributed by atoms with Gasteiger partial charge in [-0.15, -0.1) is 11.3 Å². The van der Waals surface area contributed by atoms with Crippen molar-refractivity contribution in [2.45, 2.75) is 39.2 Å². The van der Waals surface area contributed by atoms with Crippen molar-refractivity contribution in [3.63, 3.8) is 0 Å². The Balaban J connectivity index is 1.59. The number of nitrogens with one attached hydrogen (secondary N) is 1. The van der Waals surface area contributed by atoms with Gasteiger partial charge < -0.3 is 10.2 Å². The van der Waals surface area contributed by atoms with E-state index in [2.05, 4.69) is 32.1 Å². The number of carbonyl (C=O) groups excluding carboxylic acids is 1. The molecule has 1 saturated heterocycles. The minimum atomic E-state index is -0.201. The van der Waals surface area contributed by atoms with E-state index in [4.69, 9.17) is 4.98 Å². The van der Waals surface area contributed by atoms with E-state index in [9.17, 15) is 4.79 Å². The molecule has 1 aliphatic rings. The van der Waals surface area contributed by atoms with Crippen molar-refractivity contribution in [3.05, 3.63) is 52.4 Å². The Labute approximate surface area is 174 Å². The van der Waals surface area contributed by atoms with Crippen molar-refractivity contribution in [2.75, 3.05) is 18.0 Å². The number of thiazole rings is 1. The zero-order valence-electron chi connectivity index (χ0n) is 16.5. The molecule has 29 heavy (non-hydrogen) atoms. The number of rotatable bonds is 6. The molecule has 0 saturated carbocycles. The fourth-order valence-electron chi connectivity index (χ4n) is 3.37. The fraction of sp³-hybridized carbons (Fsp3) is 0.381. The van der Waals surface area contributed by atoms with Crippen LogP contribution in [-0.2, 0) is 13.0 Å². The number of hydrogen-bond acceptors (Lipinski definition) is 7. The first-order valence-corrected chi connectivity index (χ1v) is 10.9. The van der Waals surface area contributed by atoms with Gasteiger partial charge in [0.15, 0.2) is 0 Å². The van der Waals surface area contributed by atoms with Crippen LogP contribution in [0.2, 0.25) is 0 Å². The van der Waals surface area contributed by atoms with Crippen LogP contribution in [0.3, 0.4) is 0 Å². The Morgan fingerprint density at radius 1 is 1.17 bits per heavy atom. The molecule has 150 valence electrons. The van der Waals surface area contributed by atoms with Crippen LogP contribution in [0, 0.1) is 0 Å². The Morgan fingerprint density at radius 2 is 1.97 bits per heavy atom. The van der Waals surface area contributed by atoms with Crippen LogP contribution < -0.4 is 10.2 Å². The number of anilines is 1. The van der Waals surface area contributed by atoms with E-state index >= 15 is 0 Å². The maximum Gasteiger partial charge on any atom is 0.255 e.